The summed E-state index contributed by atoms with van der Waals surface area (Å²) in [5, 5.41) is 3.11. The summed E-state index contributed by atoms with van der Waals surface area (Å²) < 4.78 is 85.5. The molecule has 4 rings (SSSR count). The van der Waals surface area contributed by atoms with Gasteiger partial charge in [0, 0.05) is 37.5 Å². The highest BCUT2D eigenvalue weighted by Crippen LogP contribution is 2.34. The average molecular weight is 573 g/mol. The molecule has 2 saturated heterocycles. The van der Waals surface area contributed by atoms with Crippen LogP contribution in [0.3, 0.4) is 0 Å². The van der Waals surface area contributed by atoms with Crippen LogP contribution < -0.4 is 14.8 Å². The van der Waals surface area contributed by atoms with E-state index in [1.807, 2.05) is 0 Å². The second-order valence-corrected chi connectivity index (χ2v) is 8.18. The van der Waals surface area contributed by atoms with E-state index in [1.54, 1.807) is 0 Å². The Labute approximate surface area is 223 Å². The van der Waals surface area contributed by atoms with Gasteiger partial charge in [0.05, 0.1) is 25.3 Å². The summed E-state index contributed by atoms with van der Waals surface area (Å²) in [7, 11) is 2.53. The second kappa shape index (κ2) is 15.7. The van der Waals surface area contributed by atoms with Crippen LogP contribution in [-0.2, 0) is 30.0 Å². The number of aromatic nitrogens is 2. The van der Waals surface area contributed by atoms with Crippen LogP contribution in [0.25, 0.3) is 0 Å². The van der Waals surface area contributed by atoms with E-state index in [-0.39, 0.29) is 41.7 Å². The molecule has 1 N–H and O–H groups in total. The molecule has 0 unspecified atom stereocenters. The molecule has 38 heavy (non-hydrogen) atoms. The number of hydrogen-bond donors (Lipinski definition) is 1. The fourth-order valence-electron chi connectivity index (χ4n) is 3.19. The molecule has 7 nitrogen and oxygen atoms in total. The topological polar surface area (TPSA) is 76.6 Å². The molecular weight excluding hydrogens is 542 g/mol. The lowest BCUT2D eigenvalue weighted by atomic mass is 10.1. The Hall–Kier alpha value is -2.64. The highest BCUT2D eigenvalue weighted by atomic mass is 35.5. The van der Waals surface area contributed by atoms with Gasteiger partial charge < -0.3 is 24.5 Å². The number of halogens is 7. The van der Waals surface area contributed by atoms with E-state index in [1.165, 1.54) is 39.9 Å². The molecule has 2 aliphatic rings. The number of aldehydes is 1. The molecular formula is C24H31ClF6N4O3. The van der Waals surface area contributed by atoms with E-state index in [2.05, 4.69) is 24.9 Å². The maximum atomic E-state index is 12.9. The Morgan fingerprint density at radius 3 is 1.68 bits per heavy atom. The van der Waals surface area contributed by atoms with Gasteiger partial charge in [-0.25, -0.2) is 9.97 Å². The Morgan fingerprint density at radius 1 is 0.895 bits per heavy atom. The predicted molar refractivity (Wildman–Crippen MR) is 131 cm³/mol. The molecule has 214 valence electrons. The molecule has 0 aliphatic carbocycles. The van der Waals surface area contributed by atoms with Gasteiger partial charge in [0.25, 0.3) is 0 Å². The first-order chi connectivity index (χ1) is 17.5. The summed E-state index contributed by atoms with van der Waals surface area (Å²) in [5.41, 5.74) is -1.45. The van der Waals surface area contributed by atoms with Crippen molar-refractivity contribution in [2.24, 2.45) is 0 Å². The Bertz CT molecular complexity index is 996. The normalized spacial score (nSPS) is 14.7. The van der Waals surface area contributed by atoms with Crippen LogP contribution in [0, 0.1) is 0 Å². The Balaban J connectivity index is 0.000000327. The third kappa shape index (κ3) is 10.6. The lowest BCUT2D eigenvalue weighted by molar-refractivity contribution is -0.139. The van der Waals surface area contributed by atoms with E-state index >= 15 is 0 Å². The standard InChI is InChI=1S/C12H15F3N2O.C9H8F3NO2.C3H7N.ClH/c1-18-11-7-10(12(13,14)15)9(8-16-11)3-6-17-4-2-5-17;1-15-8-4-7(9(10,11)12)6(2-3-14)5-13-8;1-2-4-3-1;/h7-8H,2-6H2,1H3;3-5H,2H2,1H3;4H,1-3H2;1H. The second-order valence-electron chi connectivity index (χ2n) is 8.18. The first kappa shape index (κ1) is 33.4. The average Bonchev–Trinajstić information content (AvgIpc) is 2.76. The highest BCUT2D eigenvalue weighted by molar-refractivity contribution is 5.85. The zero-order valence-electron chi connectivity index (χ0n) is 21.0. The molecule has 4 heterocycles. The molecule has 2 fully saturated rings. The number of ether oxygens (including phenoxy) is 2. The predicted octanol–water partition coefficient (Wildman–Crippen LogP) is 4.61. The van der Waals surface area contributed by atoms with Crippen molar-refractivity contribution in [3.8, 4) is 11.8 Å². The fourth-order valence-corrected chi connectivity index (χ4v) is 3.19. The van der Waals surface area contributed by atoms with Crippen LogP contribution >= 0.6 is 12.4 Å². The number of alkyl halides is 6. The Morgan fingerprint density at radius 2 is 1.34 bits per heavy atom. The molecule has 0 saturated carbocycles. The van der Waals surface area contributed by atoms with Crippen LogP contribution in [0.2, 0.25) is 0 Å². The number of nitrogens with zero attached hydrogens (tertiary/aromatic N) is 3. The number of rotatable bonds is 7. The molecule has 14 heteroatoms. The number of hydrogen-bond acceptors (Lipinski definition) is 7. The van der Waals surface area contributed by atoms with Crippen LogP contribution in [0.15, 0.2) is 24.5 Å². The van der Waals surface area contributed by atoms with Crippen LogP contribution in [0.1, 0.15) is 35.1 Å². The molecule has 2 aromatic heterocycles. The first-order valence-electron chi connectivity index (χ1n) is 11.6. The van der Waals surface area contributed by atoms with Crippen molar-refractivity contribution in [2.45, 2.75) is 38.0 Å². The van der Waals surface area contributed by atoms with Crippen molar-refractivity contribution in [1.29, 1.82) is 0 Å². The monoisotopic (exact) mass is 572 g/mol. The zero-order valence-corrected chi connectivity index (χ0v) is 21.8. The summed E-state index contributed by atoms with van der Waals surface area (Å²) in [6.45, 7) is 5.10. The lowest BCUT2D eigenvalue weighted by Crippen LogP contribution is -2.38. The molecule has 0 amide bonds. The molecule has 2 aliphatic heterocycles. The molecule has 0 radical (unpaired) electrons. The summed E-state index contributed by atoms with van der Waals surface area (Å²) in [6.07, 6.45) is -3.63. The molecule has 0 atom stereocenters. The smallest absolute Gasteiger partial charge is 0.416 e. The van der Waals surface area contributed by atoms with Gasteiger partial charge in [-0.05, 0) is 56.6 Å². The van der Waals surface area contributed by atoms with Crippen molar-refractivity contribution in [2.75, 3.05) is 46.9 Å². The third-order valence-corrected chi connectivity index (χ3v) is 5.61. The molecule has 2 aromatic rings. The number of carbonyl (C=O) groups is 1. The summed E-state index contributed by atoms with van der Waals surface area (Å²) in [4.78, 5) is 19.8. The minimum atomic E-state index is -4.51. The largest absolute Gasteiger partial charge is 0.481 e. The van der Waals surface area contributed by atoms with Crippen molar-refractivity contribution in [3.05, 3.63) is 46.8 Å². The lowest BCUT2D eigenvalue weighted by Gasteiger charge is -2.30. The number of nitrogens with one attached hydrogen (secondary N) is 1. The fraction of sp³-hybridized carbons (Fsp3) is 0.542. The van der Waals surface area contributed by atoms with Gasteiger partial charge >= 0.3 is 12.4 Å². The number of likely N-dealkylation sites (tertiary alicyclic amines) is 1. The van der Waals surface area contributed by atoms with Crippen molar-refractivity contribution in [3.63, 3.8) is 0 Å². The van der Waals surface area contributed by atoms with Gasteiger partial charge in [0.15, 0.2) is 0 Å². The highest BCUT2D eigenvalue weighted by Gasteiger charge is 2.35. The summed E-state index contributed by atoms with van der Waals surface area (Å²) in [6, 6.07) is 1.74. The number of methoxy groups -OCH3 is 2. The SMILES string of the molecule is C1CNC1.COc1cc(C(F)(F)F)c(CC=O)cn1.COc1cc(C(F)(F)F)c(CCN2CCC2)cn1.Cl. The molecule has 0 spiro atoms. The van der Waals surface area contributed by atoms with E-state index in [9.17, 15) is 31.1 Å². The number of carbonyl (C=O) groups excluding carboxylic acids is 1. The van der Waals surface area contributed by atoms with Gasteiger partial charge in [0.2, 0.25) is 11.8 Å². The molecule has 0 bridgehead atoms. The first-order valence-corrected chi connectivity index (χ1v) is 11.6. The minimum absolute atomic E-state index is 0. The number of pyridine rings is 2. The Kier molecular flexibility index (Phi) is 13.8. The van der Waals surface area contributed by atoms with Crippen LogP contribution in [-0.4, -0.2) is 68.1 Å². The van der Waals surface area contributed by atoms with E-state index in [4.69, 9.17) is 4.74 Å². The van der Waals surface area contributed by atoms with Gasteiger partial charge in [-0.15, -0.1) is 12.4 Å². The van der Waals surface area contributed by atoms with Crippen LogP contribution in [0.5, 0.6) is 11.8 Å². The third-order valence-electron chi connectivity index (χ3n) is 5.61. The van der Waals surface area contributed by atoms with Crippen LogP contribution in [0.4, 0.5) is 26.3 Å². The van der Waals surface area contributed by atoms with E-state index in [0.717, 1.165) is 37.8 Å². The maximum absolute atomic E-state index is 12.9. The van der Waals surface area contributed by atoms with Gasteiger partial charge in [-0.3, -0.25) is 0 Å². The van der Waals surface area contributed by atoms with E-state index in [0.29, 0.717) is 19.3 Å². The van der Waals surface area contributed by atoms with Gasteiger partial charge in [0.1, 0.15) is 6.29 Å². The van der Waals surface area contributed by atoms with E-state index < -0.39 is 23.5 Å². The minimum Gasteiger partial charge on any atom is -0.481 e. The van der Waals surface area contributed by atoms with Gasteiger partial charge in [-0.2, -0.15) is 26.3 Å². The zero-order chi connectivity index (χ0) is 27.5. The maximum Gasteiger partial charge on any atom is 0.416 e. The van der Waals surface area contributed by atoms with Crippen molar-refractivity contribution in [1.82, 2.24) is 20.2 Å². The summed E-state index contributed by atoms with van der Waals surface area (Å²) >= 11 is 0. The van der Waals surface area contributed by atoms with Gasteiger partial charge in [-0.1, -0.05) is 0 Å². The molecule has 0 aromatic carbocycles. The summed E-state index contributed by atoms with van der Waals surface area (Å²) in [5.74, 6) is -0.132. The van der Waals surface area contributed by atoms with Crippen molar-refractivity contribution >= 4 is 18.7 Å². The van der Waals surface area contributed by atoms with Crippen molar-refractivity contribution < 1.29 is 40.6 Å². The quantitative estimate of drug-likeness (QED) is 0.384.